The summed E-state index contributed by atoms with van der Waals surface area (Å²) >= 11 is 0. The van der Waals surface area contributed by atoms with Crippen molar-refractivity contribution in [2.45, 2.75) is 32.4 Å². The smallest absolute Gasteiger partial charge is 0.106 e. The Kier molecular flexibility index (Phi) is 2.26. The van der Waals surface area contributed by atoms with Gasteiger partial charge in [0.2, 0.25) is 0 Å². The third kappa shape index (κ3) is 1.58. The second kappa shape index (κ2) is 3.40. The van der Waals surface area contributed by atoms with Gasteiger partial charge in [-0.05, 0) is 25.8 Å². The van der Waals surface area contributed by atoms with Crippen molar-refractivity contribution < 1.29 is 0 Å². The first-order valence-electron chi connectivity index (χ1n) is 4.81. The van der Waals surface area contributed by atoms with E-state index in [-0.39, 0.29) is 0 Å². The molecule has 2 aliphatic rings. The summed E-state index contributed by atoms with van der Waals surface area (Å²) in [5.41, 5.74) is 1.18. The summed E-state index contributed by atoms with van der Waals surface area (Å²) in [5.74, 6) is 0. The van der Waals surface area contributed by atoms with Crippen LogP contribution in [0.1, 0.15) is 26.2 Å². The summed E-state index contributed by atoms with van der Waals surface area (Å²) in [6.45, 7) is 4.57. The van der Waals surface area contributed by atoms with Crippen molar-refractivity contribution in [2.75, 3.05) is 13.1 Å². The number of dihydropyridines is 1. The highest BCUT2D eigenvalue weighted by atomic mass is 15.2. The van der Waals surface area contributed by atoms with E-state index in [4.69, 9.17) is 0 Å². The minimum absolute atomic E-state index is 0.456. The van der Waals surface area contributed by atoms with E-state index in [1.165, 1.54) is 31.6 Å². The van der Waals surface area contributed by atoms with Crippen molar-refractivity contribution in [1.82, 2.24) is 4.90 Å². The Bertz CT molecular complexity index is 212. The van der Waals surface area contributed by atoms with Crippen LogP contribution in [-0.2, 0) is 0 Å². The number of hydrogen-bond acceptors (Lipinski definition) is 2. The molecule has 0 aromatic rings. The largest absolute Gasteiger partial charge is 0.282 e. The molecule has 0 aliphatic carbocycles. The number of rotatable bonds is 1. The fraction of sp³-hybridized carbons (Fsp3) is 0.700. The third-order valence-corrected chi connectivity index (χ3v) is 2.62. The summed E-state index contributed by atoms with van der Waals surface area (Å²) in [7, 11) is 0. The van der Waals surface area contributed by atoms with Gasteiger partial charge in [-0.15, -0.1) is 0 Å². The van der Waals surface area contributed by atoms with Crippen LogP contribution in [0.2, 0.25) is 0 Å². The number of aliphatic imine (C=N–C) groups is 1. The topological polar surface area (TPSA) is 15.6 Å². The Balaban J connectivity index is 2.00. The van der Waals surface area contributed by atoms with E-state index in [1.807, 2.05) is 0 Å². The van der Waals surface area contributed by atoms with Crippen LogP contribution in [0.4, 0.5) is 0 Å². The molecular formula is C10H16N2. The van der Waals surface area contributed by atoms with Crippen molar-refractivity contribution >= 4 is 5.71 Å². The molecule has 0 amide bonds. The van der Waals surface area contributed by atoms with Crippen molar-refractivity contribution in [2.24, 2.45) is 4.99 Å². The van der Waals surface area contributed by atoms with Crippen LogP contribution in [0, 0.1) is 0 Å². The maximum atomic E-state index is 4.62. The van der Waals surface area contributed by atoms with Gasteiger partial charge in [0, 0.05) is 25.2 Å². The lowest BCUT2D eigenvalue weighted by Crippen LogP contribution is -2.32. The number of likely N-dealkylation sites (tertiary alicyclic amines) is 1. The third-order valence-electron chi connectivity index (χ3n) is 2.62. The molecule has 1 fully saturated rings. The van der Waals surface area contributed by atoms with E-state index < -0.39 is 0 Å². The van der Waals surface area contributed by atoms with Crippen LogP contribution in [0.5, 0.6) is 0 Å². The second-order valence-corrected chi connectivity index (χ2v) is 3.63. The average Bonchev–Trinajstić information content (AvgIpc) is 2.56. The number of allylic oxidation sites excluding steroid dienone is 1. The molecular weight excluding hydrogens is 148 g/mol. The van der Waals surface area contributed by atoms with Gasteiger partial charge in [0.1, 0.15) is 6.17 Å². The number of hydrogen-bond donors (Lipinski definition) is 0. The SMILES string of the molecule is CC1=NC(N2CCCC2)CC=C1. The fourth-order valence-electron chi connectivity index (χ4n) is 1.96. The van der Waals surface area contributed by atoms with E-state index >= 15 is 0 Å². The van der Waals surface area contributed by atoms with Crippen molar-refractivity contribution in [3.63, 3.8) is 0 Å². The van der Waals surface area contributed by atoms with Crippen molar-refractivity contribution in [1.29, 1.82) is 0 Å². The van der Waals surface area contributed by atoms with Gasteiger partial charge >= 0.3 is 0 Å². The Morgan fingerprint density at radius 3 is 2.83 bits per heavy atom. The minimum atomic E-state index is 0.456. The predicted octanol–water partition coefficient (Wildman–Crippen LogP) is 1.83. The van der Waals surface area contributed by atoms with Gasteiger partial charge in [-0.25, -0.2) is 0 Å². The first-order chi connectivity index (χ1) is 5.86. The molecule has 2 rings (SSSR count). The van der Waals surface area contributed by atoms with E-state index in [0.29, 0.717) is 6.17 Å². The Morgan fingerprint density at radius 1 is 1.42 bits per heavy atom. The molecule has 2 heterocycles. The highest BCUT2D eigenvalue weighted by molar-refractivity contribution is 5.93. The quantitative estimate of drug-likeness (QED) is 0.577. The summed E-state index contributed by atoms with van der Waals surface area (Å²) in [4.78, 5) is 7.11. The van der Waals surface area contributed by atoms with Crippen LogP contribution in [0.15, 0.2) is 17.1 Å². The van der Waals surface area contributed by atoms with Crippen molar-refractivity contribution in [3.05, 3.63) is 12.2 Å². The Hall–Kier alpha value is -0.630. The minimum Gasteiger partial charge on any atom is -0.282 e. The van der Waals surface area contributed by atoms with Gasteiger partial charge in [-0.1, -0.05) is 6.08 Å². The lowest BCUT2D eigenvalue weighted by Gasteiger charge is -2.25. The molecule has 2 aliphatic heterocycles. The van der Waals surface area contributed by atoms with E-state index in [2.05, 4.69) is 29.0 Å². The van der Waals surface area contributed by atoms with E-state index in [1.54, 1.807) is 0 Å². The molecule has 0 aromatic heterocycles. The fourth-order valence-corrected chi connectivity index (χ4v) is 1.96. The van der Waals surface area contributed by atoms with Gasteiger partial charge in [0.25, 0.3) is 0 Å². The standard InChI is InChI=1S/C10H16N2/c1-9-5-4-6-10(11-9)12-7-2-3-8-12/h4-5,10H,2-3,6-8H2,1H3. The molecule has 1 saturated heterocycles. The molecule has 2 heteroatoms. The molecule has 66 valence electrons. The van der Waals surface area contributed by atoms with Gasteiger partial charge in [-0.3, -0.25) is 9.89 Å². The normalized spacial score (nSPS) is 30.8. The molecule has 12 heavy (non-hydrogen) atoms. The molecule has 0 radical (unpaired) electrons. The monoisotopic (exact) mass is 164 g/mol. The predicted molar refractivity (Wildman–Crippen MR) is 51.5 cm³/mol. The molecule has 0 saturated carbocycles. The van der Waals surface area contributed by atoms with Crippen LogP contribution in [0.3, 0.4) is 0 Å². The highest BCUT2D eigenvalue weighted by Gasteiger charge is 2.20. The first-order valence-corrected chi connectivity index (χ1v) is 4.81. The zero-order valence-corrected chi connectivity index (χ0v) is 7.66. The summed E-state index contributed by atoms with van der Waals surface area (Å²) in [6.07, 6.45) is 8.64. The van der Waals surface area contributed by atoms with Crippen LogP contribution < -0.4 is 0 Å². The Labute approximate surface area is 74.0 Å². The van der Waals surface area contributed by atoms with Gasteiger partial charge in [-0.2, -0.15) is 0 Å². The molecule has 2 nitrogen and oxygen atoms in total. The van der Waals surface area contributed by atoms with Crippen LogP contribution in [0.25, 0.3) is 0 Å². The molecule has 0 spiro atoms. The van der Waals surface area contributed by atoms with Crippen LogP contribution >= 0.6 is 0 Å². The van der Waals surface area contributed by atoms with E-state index in [0.717, 1.165) is 6.42 Å². The lowest BCUT2D eigenvalue weighted by molar-refractivity contribution is 0.250. The van der Waals surface area contributed by atoms with Gasteiger partial charge in [0.15, 0.2) is 0 Å². The zero-order valence-electron chi connectivity index (χ0n) is 7.66. The molecule has 1 unspecified atom stereocenters. The molecule has 0 aromatic carbocycles. The molecule has 0 N–H and O–H groups in total. The maximum absolute atomic E-state index is 4.62. The summed E-state index contributed by atoms with van der Waals surface area (Å²) in [6, 6.07) is 0. The maximum Gasteiger partial charge on any atom is 0.106 e. The molecule has 0 bridgehead atoms. The lowest BCUT2D eigenvalue weighted by atomic mass is 10.2. The number of nitrogens with zero attached hydrogens (tertiary/aromatic N) is 2. The van der Waals surface area contributed by atoms with Gasteiger partial charge < -0.3 is 0 Å². The highest BCUT2D eigenvalue weighted by Crippen LogP contribution is 2.17. The molecule has 1 atom stereocenters. The van der Waals surface area contributed by atoms with Crippen LogP contribution in [-0.4, -0.2) is 29.9 Å². The first kappa shape index (κ1) is 7.99. The van der Waals surface area contributed by atoms with E-state index in [9.17, 15) is 0 Å². The van der Waals surface area contributed by atoms with Gasteiger partial charge in [0.05, 0.1) is 0 Å². The zero-order chi connectivity index (χ0) is 8.39. The van der Waals surface area contributed by atoms with Crippen molar-refractivity contribution in [3.8, 4) is 0 Å². The summed E-state index contributed by atoms with van der Waals surface area (Å²) in [5, 5.41) is 0. The second-order valence-electron chi connectivity index (χ2n) is 3.63. The summed E-state index contributed by atoms with van der Waals surface area (Å²) < 4.78 is 0. The average molecular weight is 164 g/mol. The Morgan fingerprint density at radius 2 is 2.17 bits per heavy atom.